The maximum atomic E-state index is 4.54. The van der Waals surface area contributed by atoms with Crippen LogP contribution in [0.5, 0.6) is 0 Å². The van der Waals surface area contributed by atoms with Gasteiger partial charge in [0.25, 0.3) is 0 Å². The van der Waals surface area contributed by atoms with E-state index in [1.807, 2.05) is 11.3 Å². The van der Waals surface area contributed by atoms with Crippen LogP contribution in [0.25, 0.3) is 0 Å². The number of nitrogens with zero attached hydrogens (tertiary/aromatic N) is 3. The maximum absolute atomic E-state index is 4.54. The Bertz CT molecular complexity index is 415. The Hall–Kier alpha value is -0.450. The summed E-state index contributed by atoms with van der Waals surface area (Å²) < 4.78 is 0. The summed E-state index contributed by atoms with van der Waals surface area (Å²) in [5, 5.41) is 1.21. The summed E-state index contributed by atoms with van der Waals surface area (Å²) in [4.78, 5) is 11.3. The van der Waals surface area contributed by atoms with Gasteiger partial charge in [-0.1, -0.05) is 12.8 Å². The van der Waals surface area contributed by atoms with Gasteiger partial charge in [0.15, 0.2) is 0 Å². The average molecular weight is 279 g/mol. The lowest BCUT2D eigenvalue weighted by atomic mass is 10.2. The molecule has 0 bridgehead atoms. The molecule has 3 nitrogen and oxygen atoms in total. The SMILES string of the molecule is Cc1nc(C)c(CN2CCN(C3CCCC3)CC2)s1. The van der Waals surface area contributed by atoms with Gasteiger partial charge in [-0.25, -0.2) is 4.98 Å². The fourth-order valence-corrected chi connectivity index (χ4v) is 4.46. The zero-order chi connectivity index (χ0) is 13.2. The number of aromatic nitrogens is 1. The molecule has 0 amide bonds. The van der Waals surface area contributed by atoms with Gasteiger partial charge in [0.05, 0.1) is 10.7 Å². The van der Waals surface area contributed by atoms with E-state index in [2.05, 4.69) is 28.6 Å². The lowest BCUT2D eigenvalue weighted by molar-refractivity contribution is 0.0942. The summed E-state index contributed by atoms with van der Waals surface area (Å²) in [6, 6.07) is 0.898. The number of hydrogen-bond donors (Lipinski definition) is 0. The Morgan fingerprint density at radius 2 is 1.79 bits per heavy atom. The highest BCUT2D eigenvalue weighted by atomic mass is 32.1. The van der Waals surface area contributed by atoms with Gasteiger partial charge in [0.2, 0.25) is 0 Å². The molecular weight excluding hydrogens is 254 g/mol. The van der Waals surface area contributed by atoms with Crippen LogP contribution in [-0.4, -0.2) is 47.0 Å². The fourth-order valence-electron chi connectivity index (χ4n) is 3.48. The highest BCUT2D eigenvalue weighted by molar-refractivity contribution is 7.11. The maximum Gasteiger partial charge on any atom is 0.0900 e. The molecule has 4 heteroatoms. The minimum Gasteiger partial charge on any atom is -0.298 e. The molecule has 0 aromatic carbocycles. The molecule has 2 fully saturated rings. The Labute approximate surface area is 120 Å². The van der Waals surface area contributed by atoms with Crippen molar-refractivity contribution in [2.24, 2.45) is 0 Å². The molecule has 2 heterocycles. The zero-order valence-corrected chi connectivity index (χ0v) is 13.0. The molecule has 0 atom stereocenters. The molecule has 0 radical (unpaired) electrons. The van der Waals surface area contributed by atoms with Crippen LogP contribution in [0.3, 0.4) is 0 Å². The summed E-state index contributed by atoms with van der Waals surface area (Å²) in [6.45, 7) is 10.4. The smallest absolute Gasteiger partial charge is 0.0900 e. The lowest BCUT2D eigenvalue weighted by Crippen LogP contribution is -2.49. The Morgan fingerprint density at radius 3 is 2.37 bits per heavy atom. The molecule has 2 aliphatic rings. The van der Waals surface area contributed by atoms with Gasteiger partial charge in [-0.2, -0.15) is 0 Å². The van der Waals surface area contributed by atoms with E-state index in [4.69, 9.17) is 0 Å². The van der Waals surface area contributed by atoms with Gasteiger partial charge in [0.1, 0.15) is 0 Å². The molecule has 1 aliphatic carbocycles. The number of hydrogen-bond acceptors (Lipinski definition) is 4. The largest absolute Gasteiger partial charge is 0.298 e. The van der Waals surface area contributed by atoms with E-state index in [1.54, 1.807) is 0 Å². The molecule has 19 heavy (non-hydrogen) atoms. The quantitative estimate of drug-likeness (QED) is 0.848. The van der Waals surface area contributed by atoms with Gasteiger partial charge in [-0.15, -0.1) is 11.3 Å². The van der Waals surface area contributed by atoms with Crippen molar-refractivity contribution < 1.29 is 0 Å². The summed E-state index contributed by atoms with van der Waals surface area (Å²) in [7, 11) is 0. The molecule has 0 N–H and O–H groups in total. The summed E-state index contributed by atoms with van der Waals surface area (Å²) in [5.41, 5.74) is 1.24. The van der Waals surface area contributed by atoms with Crippen molar-refractivity contribution in [1.82, 2.24) is 14.8 Å². The van der Waals surface area contributed by atoms with Crippen LogP contribution in [0, 0.1) is 13.8 Å². The van der Waals surface area contributed by atoms with Crippen LogP contribution < -0.4 is 0 Å². The highest BCUT2D eigenvalue weighted by Gasteiger charge is 2.26. The van der Waals surface area contributed by atoms with E-state index in [1.165, 1.54) is 67.4 Å². The minimum absolute atomic E-state index is 0.898. The van der Waals surface area contributed by atoms with Crippen molar-refractivity contribution in [2.75, 3.05) is 26.2 Å². The Kier molecular flexibility index (Phi) is 4.20. The Morgan fingerprint density at radius 1 is 1.11 bits per heavy atom. The summed E-state index contributed by atoms with van der Waals surface area (Å²) in [5.74, 6) is 0. The molecule has 1 saturated carbocycles. The van der Waals surface area contributed by atoms with Crippen LogP contribution in [0.1, 0.15) is 41.3 Å². The van der Waals surface area contributed by atoms with Gasteiger partial charge in [-0.3, -0.25) is 9.80 Å². The average Bonchev–Trinajstić information content (AvgIpc) is 3.01. The second kappa shape index (κ2) is 5.90. The summed E-state index contributed by atoms with van der Waals surface area (Å²) >= 11 is 1.87. The third-order valence-electron chi connectivity index (χ3n) is 4.61. The normalized spacial score (nSPS) is 23.3. The molecule has 1 saturated heterocycles. The van der Waals surface area contributed by atoms with Crippen LogP contribution in [-0.2, 0) is 6.54 Å². The van der Waals surface area contributed by atoms with Gasteiger partial charge in [0, 0.05) is 43.6 Å². The third-order valence-corrected chi connectivity index (χ3v) is 5.67. The van der Waals surface area contributed by atoms with Crippen LogP contribution in [0.15, 0.2) is 0 Å². The molecule has 3 rings (SSSR count). The van der Waals surface area contributed by atoms with Crippen LogP contribution in [0.4, 0.5) is 0 Å². The first kappa shape index (κ1) is 13.5. The summed E-state index contributed by atoms with van der Waals surface area (Å²) in [6.07, 6.45) is 5.77. The molecule has 1 aromatic heterocycles. The second-order valence-corrected chi connectivity index (χ2v) is 7.28. The van der Waals surface area contributed by atoms with E-state index in [0.29, 0.717) is 0 Å². The van der Waals surface area contributed by atoms with E-state index in [0.717, 1.165) is 12.6 Å². The van der Waals surface area contributed by atoms with Crippen molar-refractivity contribution >= 4 is 11.3 Å². The fraction of sp³-hybridized carbons (Fsp3) is 0.800. The van der Waals surface area contributed by atoms with Crippen LogP contribution >= 0.6 is 11.3 Å². The Balaban J connectivity index is 1.51. The number of piperazine rings is 1. The van der Waals surface area contributed by atoms with Gasteiger partial charge < -0.3 is 0 Å². The minimum atomic E-state index is 0.898. The predicted octanol–water partition coefficient (Wildman–Crippen LogP) is 2.82. The number of aryl methyl sites for hydroxylation is 2. The third kappa shape index (κ3) is 3.18. The second-order valence-electron chi connectivity index (χ2n) is 5.99. The number of rotatable bonds is 3. The van der Waals surface area contributed by atoms with Crippen LogP contribution in [0.2, 0.25) is 0 Å². The number of thiazole rings is 1. The van der Waals surface area contributed by atoms with E-state index >= 15 is 0 Å². The molecule has 1 aliphatic heterocycles. The van der Waals surface area contributed by atoms with Crippen molar-refractivity contribution in [3.8, 4) is 0 Å². The molecule has 0 spiro atoms. The first-order valence-corrected chi connectivity index (χ1v) is 8.43. The molecule has 0 unspecified atom stereocenters. The predicted molar refractivity (Wildman–Crippen MR) is 80.7 cm³/mol. The van der Waals surface area contributed by atoms with Gasteiger partial charge in [-0.05, 0) is 26.7 Å². The monoisotopic (exact) mass is 279 g/mol. The molecular formula is C15H25N3S. The zero-order valence-electron chi connectivity index (χ0n) is 12.2. The first-order valence-electron chi connectivity index (χ1n) is 7.61. The van der Waals surface area contributed by atoms with E-state index in [-0.39, 0.29) is 0 Å². The van der Waals surface area contributed by atoms with Gasteiger partial charge >= 0.3 is 0 Å². The molecule has 1 aromatic rings. The van der Waals surface area contributed by atoms with Crippen molar-refractivity contribution in [2.45, 2.75) is 52.1 Å². The van der Waals surface area contributed by atoms with E-state index < -0.39 is 0 Å². The van der Waals surface area contributed by atoms with E-state index in [9.17, 15) is 0 Å². The first-order chi connectivity index (χ1) is 9.22. The van der Waals surface area contributed by atoms with Crippen molar-refractivity contribution in [3.63, 3.8) is 0 Å². The highest BCUT2D eigenvalue weighted by Crippen LogP contribution is 2.25. The van der Waals surface area contributed by atoms with Crippen molar-refractivity contribution in [3.05, 3.63) is 15.6 Å². The van der Waals surface area contributed by atoms with Crippen molar-refractivity contribution in [1.29, 1.82) is 0 Å². The standard InChI is InChI=1S/C15H25N3S/c1-12-15(19-13(2)16-12)11-17-7-9-18(10-8-17)14-5-3-4-6-14/h14H,3-11H2,1-2H3. The topological polar surface area (TPSA) is 19.4 Å². The molecule has 106 valence electrons. The lowest BCUT2D eigenvalue weighted by Gasteiger charge is -2.37.